The highest BCUT2D eigenvalue weighted by atomic mass is 32.2. The van der Waals surface area contributed by atoms with Crippen molar-refractivity contribution in [3.05, 3.63) is 35.6 Å². The SMILES string of the molecule is CS(=O)(=O)C1(C(=O)NCC2(c3ccc(F)cc3)CCCC2)CCNCC1. The first-order chi connectivity index (χ1) is 12.3. The van der Waals surface area contributed by atoms with Gasteiger partial charge in [0, 0.05) is 18.2 Å². The lowest BCUT2D eigenvalue weighted by atomic mass is 9.78. The molecule has 2 fully saturated rings. The number of amides is 1. The van der Waals surface area contributed by atoms with E-state index < -0.39 is 20.5 Å². The first-order valence-corrected chi connectivity index (χ1v) is 11.1. The predicted octanol–water partition coefficient (Wildman–Crippen LogP) is 1.92. The topological polar surface area (TPSA) is 75.3 Å². The van der Waals surface area contributed by atoms with Crippen LogP contribution in [-0.2, 0) is 20.0 Å². The molecular weight excluding hydrogens is 355 g/mol. The number of rotatable bonds is 5. The van der Waals surface area contributed by atoms with Crippen LogP contribution in [-0.4, -0.2) is 45.0 Å². The average molecular weight is 383 g/mol. The van der Waals surface area contributed by atoms with Crippen LogP contribution in [0.25, 0.3) is 0 Å². The van der Waals surface area contributed by atoms with E-state index in [0.717, 1.165) is 37.5 Å². The Morgan fingerprint density at radius 3 is 2.23 bits per heavy atom. The fourth-order valence-electron chi connectivity index (χ4n) is 4.43. The second kappa shape index (κ2) is 7.27. The van der Waals surface area contributed by atoms with Gasteiger partial charge in [0.25, 0.3) is 0 Å². The number of benzene rings is 1. The number of sulfone groups is 1. The Morgan fingerprint density at radius 1 is 1.12 bits per heavy atom. The van der Waals surface area contributed by atoms with E-state index in [1.807, 2.05) is 0 Å². The Hall–Kier alpha value is -1.47. The van der Waals surface area contributed by atoms with E-state index in [0.29, 0.717) is 32.5 Å². The predicted molar refractivity (Wildman–Crippen MR) is 99.2 cm³/mol. The van der Waals surface area contributed by atoms with Gasteiger partial charge in [-0.05, 0) is 56.5 Å². The van der Waals surface area contributed by atoms with E-state index in [4.69, 9.17) is 0 Å². The molecule has 1 saturated carbocycles. The minimum atomic E-state index is -3.52. The van der Waals surface area contributed by atoms with E-state index in [9.17, 15) is 17.6 Å². The second-order valence-corrected chi connectivity index (χ2v) is 10.0. The molecule has 0 atom stereocenters. The largest absolute Gasteiger partial charge is 0.354 e. The van der Waals surface area contributed by atoms with E-state index in [1.165, 1.54) is 12.1 Å². The first kappa shape index (κ1) is 19.3. The Kier molecular flexibility index (Phi) is 5.40. The van der Waals surface area contributed by atoms with Crippen molar-refractivity contribution in [2.24, 2.45) is 0 Å². The maximum Gasteiger partial charge on any atom is 0.241 e. The summed E-state index contributed by atoms with van der Waals surface area (Å²) in [5.74, 6) is -0.674. The zero-order valence-electron chi connectivity index (χ0n) is 15.2. The van der Waals surface area contributed by atoms with Crippen LogP contribution in [0.5, 0.6) is 0 Å². The lowest BCUT2D eigenvalue weighted by Gasteiger charge is -2.36. The van der Waals surface area contributed by atoms with Crippen molar-refractivity contribution in [2.45, 2.75) is 48.7 Å². The molecule has 2 aliphatic rings. The Balaban J connectivity index is 1.80. The first-order valence-electron chi connectivity index (χ1n) is 9.24. The van der Waals surface area contributed by atoms with Crippen LogP contribution in [0.3, 0.4) is 0 Å². The lowest BCUT2D eigenvalue weighted by molar-refractivity contribution is -0.124. The van der Waals surface area contributed by atoms with E-state index >= 15 is 0 Å². The molecule has 1 aliphatic heterocycles. The summed E-state index contributed by atoms with van der Waals surface area (Å²) in [6.07, 6.45) is 5.66. The summed E-state index contributed by atoms with van der Waals surface area (Å²) in [5, 5.41) is 6.08. The van der Waals surface area contributed by atoms with Crippen molar-refractivity contribution in [3.8, 4) is 0 Å². The van der Waals surface area contributed by atoms with Crippen LogP contribution in [0, 0.1) is 5.82 Å². The van der Waals surface area contributed by atoms with Gasteiger partial charge in [0.1, 0.15) is 5.82 Å². The zero-order valence-corrected chi connectivity index (χ0v) is 16.0. The average Bonchev–Trinajstić information content (AvgIpc) is 3.10. The smallest absolute Gasteiger partial charge is 0.241 e. The van der Waals surface area contributed by atoms with Crippen molar-refractivity contribution >= 4 is 15.7 Å². The van der Waals surface area contributed by atoms with Gasteiger partial charge in [-0.15, -0.1) is 0 Å². The number of carbonyl (C=O) groups excluding carboxylic acids is 1. The van der Waals surface area contributed by atoms with Crippen LogP contribution in [0.4, 0.5) is 4.39 Å². The van der Waals surface area contributed by atoms with E-state index in [1.54, 1.807) is 12.1 Å². The molecule has 7 heteroatoms. The number of nitrogens with one attached hydrogen (secondary N) is 2. The Morgan fingerprint density at radius 2 is 1.69 bits per heavy atom. The monoisotopic (exact) mass is 382 g/mol. The molecule has 0 unspecified atom stereocenters. The van der Waals surface area contributed by atoms with Crippen molar-refractivity contribution < 1.29 is 17.6 Å². The number of piperidine rings is 1. The quantitative estimate of drug-likeness (QED) is 0.816. The normalized spacial score (nSPS) is 22.1. The zero-order chi connectivity index (χ0) is 18.8. The lowest BCUT2D eigenvalue weighted by Crippen LogP contribution is -2.58. The highest BCUT2D eigenvalue weighted by molar-refractivity contribution is 7.92. The summed E-state index contributed by atoms with van der Waals surface area (Å²) < 4.78 is 36.8. The van der Waals surface area contributed by atoms with E-state index in [2.05, 4.69) is 10.6 Å². The molecule has 1 heterocycles. The highest BCUT2D eigenvalue weighted by Gasteiger charge is 2.49. The molecule has 3 rings (SSSR count). The van der Waals surface area contributed by atoms with E-state index in [-0.39, 0.29) is 11.2 Å². The Labute approximate surface area is 154 Å². The van der Waals surface area contributed by atoms with Gasteiger partial charge in [-0.3, -0.25) is 4.79 Å². The van der Waals surface area contributed by atoms with Gasteiger partial charge in [-0.1, -0.05) is 25.0 Å². The molecule has 0 bridgehead atoms. The molecule has 0 aromatic heterocycles. The number of halogens is 1. The number of carbonyl (C=O) groups is 1. The number of hydrogen-bond acceptors (Lipinski definition) is 4. The second-order valence-electron chi connectivity index (χ2n) is 7.69. The minimum Gasteiger partial charge on any atom is -0.354 e. The van der Waals surface area contributed by atoms with Crippen molar-refractivity contribution in [2.75, 3.05) is 25.9 Å². The number of hydrogen-bond donors (Lipinski definition) is 2. The molecule has 1 saturated heterocycles. The third kappa shape index (κ3) is 3.51. The third-order valence-electron chi connectivity index (χ3n) is 6.14. The van der Waals surface area contributed by atoms with Gasteiger partial charge in [0.2, 0.25) is 5.91 Å². The molecule has 1 aromatic carbocycles. The molecular formula is C19H27FN2O3S. The van der Waals surface area contributed by atoms with Gasteiger partial charge < -0.3 is 10.6 Å². The third-order valence-corrected chi connectivity index (χ3v) is 8.15. The molecule has 0 spiro atoms. The van der Waals surface area contributed by atoms with Gasteiger partial charge in [0.15, 0.2) is 14.6 Å². The molecule has 144 valence electrons. The Bertz CT molecular complexity index is 749. The molecule has 0 radical (unpaired) electrons. The summed E-state index contributed by atoms with van der Waals surface area (Å²) in [5.41, 5.74) is 0.769. The van der Waals surface area contributed by atoms with Gasteiger partial charge in [0.05, 0.1) is 0 Å². The van der Waals surface area contributed by atoms with Crippen LogP contribution in [0.15, 0.2) is 24.3 Å². The summed E-state index contributed by atoms with van der Waals surface area (Å²) in [4.78, 5) is 13.0. The van der Waals surface area contributed by atoms with Crippen molar-refractivity contribution in [1.29, 1.82) is 0 Å². The maximum absolute atomic E-state index is 13.3. The molecule has 5 nitrogen and oxygen atoms in total. The van der Waals surface area contributed by atoms with Gasteiger partial charge in [-0.25, -0.2) is 12.8 Å². The van der Waals surface area contributed by atoms with Crippen LogP contribution in [0.1, 0.15) is 44.1 Å². The van der Waals surface area contributed by atoms with Crippen LogP contribution >= 0.6 is 0 Å². The molecule has 26 heavy (non-hydrogen) atoms. The van der Waals surface area contributed by atoms with Gasteiger partial charge in [-0.2, -0.15) is 0 Å². The van der Waals surface area contributed by atoms with Crippen molar-refractivity contribution in [3.63, 3.8) is 0 Å². The van der Waals surface area contributed by atoms with Gasteiger partial charge >= 0.3 is 0 Å². The summed E-state index contributed by atoms with van der Waals surface area (Å²) >= 11 is 0. The summed E-state index contributed by atoms with van der Waals surface area (Å²) in [6, 6.07) is 6.46. The fraction of sp³-hybridized carbons (Fsp3) is 0.632. The fourth-order valence-corrected chi connectivity index (χ4v) is 5.78. The molecule has 1 aliphatic carbocycles. The molecule has 2 N–H and O–H groups in total. The summed E-state index contributed by atoms with van der Waals surface area (Å²) in [6.45, 7) is 1.43. The minimum absolute atomic E-state index is 0.241. The molecule has 1 amide bonds. The van der Waals surface area contributed by atoms with Crippen molar-refractivity contribution in [1.82, 2.24) is 10.6 Å². The maximum atomic E-state index is 13.3. The van der Waals surface area contributed by atoms with Crippen LogP contribution < -0.4 is 10.6 Å². The standard InChI is InChI=1S/C19H27FN2O3S/c1-26(24,25)19(10-12-21-13-11-19)17(23)22-14-18(8-2-3-9-18)15-4-6-16(20)7-5-15/h4-7,21H,2-3,8-14H2,1H3,(H,22,23). The molecule has 1 aromatic rings. The van der Waals surface area contributed by atoms with Crippen LogP contribution in [0.2, 0.25) is 0 Å². The summed E-state index contributed by atoms with van der Waals surface area (Å²) in [7, 11) is -3.52. The highest BCUT2D eigenvalue weighted by Crippen LogP contribution is 2.41.